The molecule has 0 aromatic carbocycles. The Kier molecular flexibility index (Phi) is 5.70. The molecule has 1 amide bonds. The Balaban J connectivity index is 1.50. The summed E-state index contributed by atoms with van der Waals surface area (Å²) in [6.45, 7) is 1.87. The van der Waals surface area contributed by atoms with E-state index in [1.165, 1.54) is 6.07 Å². The van der Waals surface area contributed by atoms with Crippen molar-refractivity contribution >= 4 is 11.7 Å². The molecular weight excluding hydrogens is 345 g/mol. The van der Waals surface area contributed by atoms with E-state index in [0.717, 1.165) is 44.4 Å². The standard InChI is InChI=1S/C18H25F3N4O/c19-18(20,21)13-4-5-16(23-11-13)25-8-6-14(7-9-25)24-17(26)15-3-1-2-12(15)10-22/h4-5,11-12,14-15H,1-3,6-10,22H2,(H,24,26)/t12-,15-/m1/s1. The molecule has 0 unspecified atom stereocenters. The zero-order valence-electron chi connectivity index (χ0n) is 14.6. The molecule has 2 atom stereocenters. The summed E-state index contributed by atoms with van der Waals surface area (Å²) in [5.74, 6) is 0.951. The molecule has 8 heteroatoms. The SMILES string of the molecule is NC[C@H]1CCC[C@H]1C(=O)NC1CCN(c2ccc(C(F)(F)F)cn2)CC1. The van der Waals surface area contributed by atoms with E-state index >= 15 is 0 Å². The van der Waals surface area contributed by atoms with Gasteiger partial charge in [0, 0.05) is 31.2 Å². The van der Waals surface area contributed by atoms with Crippen molar-refractivity contribution in [3.05, 3.63) is 23.9 Å². The highest BCUT2D eigenvalue weighted by Gasteiger charge is 2.34. The molecular formula is C18H25F3N4O. The molecule has 2 heterocycles. The number of anilines is 1. The molecule has 0 spiro atoms. The van der Waals surface area contributed by atoms with Crippen molar-refractivity contribution in [1.82, 2.24) is 10.3 Å². The fraction of sp³-hybridized carbons (Fsp3) is 0.667. The van der Waals surface area contributed by atoms with Crippen LogP contribution in [-0.4, -0.2) is 36.6 Å². The number of aromatic nitrogens is 1. The second-order valence-corrected chi connectivity index (χ2v) is 7.21. The maximum absolute atomic E-state index is 12.6. The van der Waals surface area contributed by atoms with E-state index in [2.05, 4.69) is 10.3 Å². The van der Waals surface area contributed by atoms with Gasteiger partial charge >= 0.3 is 6.18 Å². The minimum Gasteiger partial charge on any atom is -0.356 e. The van der Waals surface area contributed by atoms with Crippen molar-refractivity contribution in [2.75, 3.05) is 24.5 Å². The summed E-state index contributed by atoms with van der Waals surface area (Å²) < 4.78 is 37.8. The van der Waals surface area contributed by atoms with Crippen molar-refractivity contribution in [2.45, 2.75) is 44.3 Å². The summed E-state index contributed by atoms with van der Waals surface area (Å²) in [5.41, 5.74) is 5.01. The molecule has 144 valence electrons. The predicted molar refractivity (Wildman–Crippen MR) is 92.5 cm³/mol. The van der Waals surface area contributed by atoms with E-state index in [0.29, 0.717) is 25.5 Å². The van der Waals surface area contributed by atoms with E-state index in [4.69, 9.17) is 5.73 Å². The molecule has 1 aromatic rings. The fourth-order valence-electron chi connectivity index (χ4n) is 3.97. The quantitative estimate of drug-likeness (QED) is 0.855. The molecule has 1 aliphatic carbocycles. The molecule has 1 aliphatic heterocycles. The van der Waals surface area contributed by atoms with Crippen LogP contribution in [0.1, 0.15) is 37.7 Å². The van der Waals surface area contributed by atoms with E-state index in [-0.39, 0.29) is 23.8 Å². The number of alkyl halides is 3. The lowest BCUT2D eigenvalue weighted by Gasteiger charge is -2.34. The van der Waals surface area contributed by atoms with Gasteiger partial charge in [-0.2, -0.15) is 13.2 Å². The number of amides is 1. The summed E-state index contributed by atoms with van der Waals surface area (Å²) >= 11 is 0. The number of piperidine rings is 1. The number of rotatable bonds is 4. The van der Waals surface area contributed by atoms with Crippen molar-refractivity contribution < 1.29 is 18.0 Å². The van der Waals surface area contributed by atoms with Crippen molar-refractivity contribution in [2.24, 2.45) is 17.6 Å². The van der Waals surface area contributed by atoms with Gasteiger partial charge in [-0.3, -0.25) is 4.79 Å². The van der Waals surface area contributed by atoms with Crippen LogP contribution < -0.4 is 16.0 Å². The van der Waals surface area contributed by atoms with Crippen molar-refractivity contribution in [1.29, 1.82) is 0 Å². The largest absolute Gasteiger partial charge is 0.417 e. The third kappa shape index (κ3) is 4.28. The van der Waals surface area contributed by atoms with Gasteiger partial charge in [0.05, 0.1) is 5.56 Å². The molecule has 2 fully saturated rings. The molecule has 2 aliphatic rings. The molecule has 26 heavy (non-hydrogen) atoms. The number of halogens is 3. The lowest BCUT2D eigenvalue weighted by Crippen LogP contribution is -2.47. The van der Waals surface area contributed by atoms with Gasteiger partial charge in [0.2, 0.25) is 5.91 Å². The summed E-state index contributed by atoms with van der Waals surface area (Å²) in [5, 5.41) is 3.14. The first kappa shape index (κ1) is 18.9. The molecule has 3 N–H and O–H groups in total. The Labute approximate surface area is 151 Å². The smallest absolute Gasteiger partial charge is 0.356 e. The van der Waals surface area contributed by atoms with Gasteiger partial charge in [-0.1, -0.05) is 6.42 Å². The molecule has 1 aromatic heterocycles. The molecule has 0 bridgehead atoms. The van der Waals surface area contributed by atoms with Crippen LogP contribution in [0.25, 0.3) is 0 Å². The minimum atomic E-state index is -4.37. The number of carbonyl (C=O) groups excluding carboxylic acids is 1. The first-order valence-electron chi connectivity index (χ1n) is 9.17. The summed E-state index contributed by atoms with van der Waals surface area (Å²) in [6.07, 6.45) is 0.996. The second kappa shape index (κ2) is 7.82. The monoisotopic (exact) mass is 370 g/mol. The van der Waals surface area contributed by atoms with E-state index in [1.807, 2.05) is 4.90 Å². The van der Waals surface area contributed by atoms with Gasteiger partial charge in [0.25, 0.3) is 0 Å². The molecule has 5 nitrogen and oxygen atoms in total. The van der Waals surface area contributed by atoms with Crippen LogP contribution in [0.5, 0.6) is 0 Å². The van der Waals surface area contributed by atoms with Gasteiger partial charge in [-0.05, 0) is 50.3 Å². The van der Waals surface area contributed by atoms with Crippen molar-refractivity contribution in [3.63, 3.8) is 0 Å². The Bertz CT molecular complexity index is 612. The second-order valence-electron chi connectivity index (χ2n) is 7.21. The fourth-order valence-corrected chi connectivity index (χ4v) is 3.97. The highest BCUT2D eigenvalue weighted by molar-refractivity contribution is 5.79. The third-order valence-corrected chi connectivity index (χ3v) is 5.54. The number of hydrogen-bond acceptors (Lipinski definition) is 4. The van der Waals surface area contributed by atoms with Crippen LogP contribution in [-0.2, 0) is 11.0 Å². The number of pyridine rings is 1. The number of hydrogen-bond donors (Lipinski definition) is 2. The number of nitrogens with one attached hydrogen (secondary N) is 1. The summed E-state index contributed by atoms with van der Waals surface area (Å²) in [7, 11) is 0. The van der Waals surface area contributed by atoms with Gasteiger partial charge in [0.1, 0.15) is 5.82 Å². The van der Waals surface area contributed by atoms with Crippen LogP contribution in [0.15, 0.2) is 18.3 Å². The molecule has 3 rings (SSSR count). The number of nitrogens with zero attached hydrogens (tertiary/aromatic N) is 2. The first-order valence-corrected chi connectivity index (χ1v) is 9.17. The Hall–Kier alpha value is -1.83. The zero-order chi connectivity index (χ0) is 18.7. The van der Waals surface area contributed by atoms with Gasteiger partial charge < -0.3 is 16.0 Å². The van der Waals surface area contributed by atoms with Crippen LogP contribution in [0.2, 0.25) is 0 Å². The highest BCUT2D eigenvalue weighted by atomic mass is 19.4. The van der Waals surface area contributed by atoms with Crippen LogP contribution in [0.4, 0.5) is 19.0 Å². The zero-order valence-corrected chi connectivity index (χ0v) is 14.6. The lowest BCUT2D eigenvalue weighted by atomic mass is 9.94. The predicted octanol–water partition coefficient (Wildman–Crippen LogP) is 2.56. The Morgan fingerprint density at radius 1 is 1.23 bits per heavy atom. The van der Waals surface area contributed by atoms with Crippen LogP contribution >= 0.6 is 0 Å². The van der Waals surface area contributed by atoms with E-state index in [9.17, 15) is 18.0 Å². The molecule has 0 radical (unpaired) electrons. The van der Waals surface area contributed by atoms with E-state index in [1.54, 1.807) is 0 Å². The summed E-state index contributed by atoms with van der Waals surface area (Å²) in [6, 6.07) is 2.57. The van der Waals surface area contributed by atoms with Gasteiger partial charge in [-0.25, -0.2) is 4.98 Å². The maximum Gasteiger partial charge on any atom is 0.417 e. The first-order chi connectivity index (χ1) is 12.4. The normalized spacial score (nSPS) is 24.7. The van der Waals surface area contributed by atoms with E-state index < -0.39 is 11.7 Å². The lowest BCUT2D eigenvalue weighted by molar-refractivity contribution is -0.137. The van der Waals surface area contributed by atoms with Crippen LogP contribution in [0.3, 0.4) is 0 Å². The average molecular weight is 370 g/mol. The molecule has 1 saturated carbocycles. The number of carbonyl (C=O) groups is 1. The molecule has 1 saturated heterocycles. The Morgan fingerprint density at radius 3 is 2.54 bits per heavy atom. The highest BCUT2D eigenvalue weighted by Crippen LogP contribution is 2.32. The Morgan fingerprint density at radius 2 is 1.96 bits per heavy atom. The summed E-state index contributed by atoms with van der Waals surface area (Å²) in [4.78, 5) is 18.4. The topological polar surface area (TPSA) is 71.2 Å². The van der Waals surface area contributed by atoms with Gasteiger partial charge in [-0.15, -0.1) is 0 Å². The van der Waals surface area contributed by atoms with Gasteiger partial charge in [0.15, 0.2) is 0 Å². The van der Waals surface area contributed by atoms with Crippen LogP contribution in [0, 0.1) is 11.8 Å². The number of nitrogens with two attached hydrogens (primary N) is 1. The maximum atomic E-state index is 12.6. The van der Waals surface area contributed by atoms with Crippen molar-refractivity contribution in [3.8, 4) is 0 Å². The third-order valence-electron chi connectivity index (χ3n) is 5.54. The minimum absolute atomic E-state index is 0.0228. The average Bonchev–Trinajstić information content (AvgIpc) is 3.11.